The summed E-state index contributed by atoms with van der Waals surface area (Å²) in [6, 6.07) is 8.29. The van der Waals surface area contributed by atoms with Crippen molar-refractivity contribution in [3.63, 3.8) is 0 Å². The number of hydrogen-bond acceptors (Lipinski definition) is 1. The summed E-state index contributed by atoms with van der Waals surface area (Å²) in [6.45, 7) is 0.754. The minimum absolute atomic E-state index is 0.754. The molecule has 0 bridgehead atoms. The molecule has 1 aliphatic heterocycles. The zero-order valence-electron chi connectivity index (χ0n) is 5.33. The van der Waals surface area contributed by atoms with E-state index in [0.29, 0.717) is 0 Å². The van der Waals surface area contributed by atoms with E-state index in [4.69, 9.17) is 4.74 Å². The Bertz CT molecular complexity index is 280. The first-order valence-electron chi connectivity index (χ1n) is 3.13. The summed E-state index contributed by atoms with van der Waals surface area (Å²) >= 11 is 1.94. The van der Waals surface area contributed by atoms with Gasteiger partial charge < -0.3 is 0 Å². The van der Waals surface area contributed by atoms with Gasteiger partial charge in [-0.25, -0.2) is 0 Å². The van der Waals surface area contributed by atoms with Crippen LogP contribution in [0.4, 0.5) is 0 Å². The van der Waals surface area contributed by atoms with Gasteiger partial charge in [-0.15, -0.1) is 0 Å². The Morgan fingerprint density at radius 3 is 2.90 bits per heavy atom. The number of fused-ring (bicyclic) bond motifs is 1. The predicted molar refractivity (Wildman–Crippen MR) is 41.1 cm³/mol. The molecule has 0 amide bonds. The third-order valence-corrected chi connectivity index (χ3v) is 2.56. The standard InChI is InChI=1S/C8H6OTe/c10-8-7-4-2-1-3-6(7)5-9-8/h1-4H,5H2. The van der Waals surface area contributed by atoms with Crippen LogP contribution in [0, 0.1) is 0 Å². The van der Waals surface area contributed by atoms with Crippen molar-refractivity contribution in [3.05, 3.63) is 35.4 Å². The van der Waals surface area contributed by atoms with Gasteiger partial charge in [0.25, 0.3) is 0 Å². The fourth-order valence-electron chi connectivity index (χ4n) is 1.07. The molecule has 10 heavy (non-hydrogen) atoms. The van der Waals surface area contributed by atoms with Crippen molar-refractivity contribution in [3.8, 4) is 0 Å². The van der Waals surface area contributed by atoms with E-state index in [1.807, 2.05) is 34.0 Å². The van der Waals surface area contributed by atoms with Crippen LogP contribution in [-0.2, 0) is 11.3 Å². The Morgan fingerprint density at radius 2 is 2.10 bits per heavy atom. The quantitative estimate of drug-likeness (QED) is 0.617. The molecule has 0 spiro atoms. The molecule has 0 radical (unpaired) electrons. The predicted octanol–water partition coefficient (Wildman–Crippen LogP) is 0.863. The number of hydrogen-bond donors (Lipinski definition) is 0. The summed E-state index contributed by atoms with van der Waals surface area (Å²) in [6.07, 6.45) is 0. The van der Waals surface area contributed by atoms with Crippen LogP contribution in [-0.4, -0.2) is 25.6 Å². The summed E-state index contributed by atoms with van der Waals surface area (Å²) in [5.41, 5.74) is 2.58. The zero-order valence-corrected chi connectivity index (χ0v) is 7.66. The zero-order chi connectivity index (χ0) is 6.97. The maximum atomic E-state index is 5.34. The third-order valence-electron chi connectivity index (χ3n) is 1.60. The Kier molecular flexibility index (Phi) is 1.52. The first kappa shape index (κ1) is 6.39. The van der Waals surface area contributed by atoms with Crippen molar-refractivity contribution in [2.75, 3.05) is 0 Å². The first-order chi connectivity index (χ1) is 4.88. The molecule has 1 aromatic carbocycles. The van der Waals surface area contributed by atoms with Crippen molar-refractivity contribution in [1.29, 1.82) is 0 Å². The molecule has 2 heteroatoms. The fourth-order valence-corrected chi connectivity index (χ4v) is 1.80. The van der Waals surface area contributed by atoms with E-state index in [1.165, 1.54) is 11.1 Å². The normalized spacial score (nSPS) is 14.6. The molecule has 1 nitrogen and oxygen atoms in total. The van der Waals surface area contributed by atoms with Crippen LogP contribution >= 0.6 is 0 Å². The Morgan fingerprint density at radius 1 is 1.30 bits per heavy atom. The molecule has 0 aromatic heterocycles. The van der Waals surface area contributed by atoms with Gasteiger partial charge in [0.15, 0.2) is 0 Å². The summed E-state index contributed by atoms with van der Waals surface area (Å²) in [5, 5.41) is 0. The summed E-state index contributed by atoms with van der Waals surface area (Å²) in [5.74, 6) is 0. The van der Waals surface area contributed by atoms with Crippen molar-refractivity contribution >= 4 is 25.6 Å². The second-order valence-electron chi connectivity index (χ2n) is 2.23. The van der Waals surface area contributed by atoms with Crippen LogP contribution < -0.4 is 0 Å². The van der Waals surface area contributed by atoms with E-state index < -0.39 is 0 Å². The van der Waals surface area contributed by atoms with Gasteiger partial charge in [-0.2, -0.15) is 0 Å². The fraction of sp³-hybridized carbons (Fsp3) is 0.125. The number of ether oxygens (including phenoxy) is 1. The summed E-state index contributed by atoms with van der Waals surface area (Å²) < 4.78 is 6.41. The van der Waals surface area contributed by atoms with Crippen molar-refractivity contribution < 1.29 is 4.74 Å². The molecule has 50 valence electrons. The van der Waals surface area contributed by atoms with E-state index in [0.717, 1.165) is 10.3 Å². The topological polar surface area (TPSA) is 9.23 Å². The molecule has 0 saturated carbocycles. The molecule has 0 atom stereocenters. The van der Waals surface area contributed by atoms with Crippen molar-refractivity contribution in [2.45, 2.75) is 6.61 Å². The van der Waals surface area contributed by atoms with Gasteiger partial charge in [-0.3, -0.25) is 0 Å². The number of rotatable bonds is 0. The van der Waals surface area contributed by atoms with Crippen LogP contribution in [0.15, 0.2) is 24.3 Å². The Labute approximate surface area is 72.4 Å². The van der Waals surface area contributed by atoms with Crippen molar-refractivity contribution in [2.24, 2.45) is 0 Å². The molecule has 0 unspecified atom stereocenters. The summed E-state index contributed by atoms with van der Waals surface area (Å²) in [4.78, 5) is 0. The van der Waals surface area contributed by atoms with E-state index >= 15 is 0 Å². The Balaban J connectivity index is 2.61. The van der Waals surface area contributed by atoms with E-state index in [-0.39, 0.29) is 0 Å². The molecule has 0 aliphatic carbocycles. The average molecular weight is 246 g/mol. The Hall–Kier alpha value is -0.320. The van der Waals surface area contributed by atoms with Gasteiger partial charge in [0.1, 0.15) is 0 Å². The van der Waals surface area contributed by atoms with Crippen LogP contribution in [0.3, 0.4) is 0 Å². The van der Waals surface area contributed by atoms with Gasteiger partial charge in [0.05, 0.1) is 0 Å². The molecule has 0 saturated heterocycles. The molecule has 1 aliphatic rings. The number of benzene rings is 1. The molecular formula is C8H6OTe. The summed E-state index contributed by atoms with van der Waals surface area (Å²) in [7, 11) is 0. The average Bonchev–Trinajstić information content (AvgIpc) is 2.34. The van der Waals surface area contributed by atoms with Gasteiger partial charge in [-0.1, -0.05) is 0 Å². The van der Waals surface area contributed by atoms with Crippen LogP contribution in [0.25, 0.3) is 0 Å². The molecule has 0 fully saturated rings. The maximum absolute atomic E-state index is 5.34. The SMILES string of the molecule is [Te]=C1OCc2ccccc21. The van der Waals surface area contributed by atoms with Gasteiger partial charge in [0.2, 0.25) is 0 Å². The molecule has 0 N–H and O–H groups in total. The van der Waals surface area contributed by atoms with E-state index in [9.17, 15) is 0 Å². The van der Waals surface area contributed by atoms with Gasteiger partial charge in [0, 0.05) is 0 Å². The third kappa shape index (κ3) is 0.885. The minimum atomic E-state index is 0.754. The van der Waals surface area contributed by atoms with Gasteiger partial charge >= 0.3 is 72.3 Å². The van der Waals surface area contributed by atoms with Gasteiger partial charge in [-0.05, 0) is 0 Å². The molecular weight excluding hydrogens is 240 g/mol. The van der Waals surface area contributed by atoms with Crippen LogP contribution in [0.1, 0.15) is 11.1 Å². The molecule has 2 rings (SSSR count). The van der Waals surface area contributed by atoms with E-state index in [1.54, 1.807) is 0 Å². The monoisotopic (exact) mass is 248 g/mol. The van der Waals surface area contributed by atoms with Crippen LogP contribution in [0.5, 0.6) is 0 Å². The van der Waals surface area contributed by atoms with E-state index in [2.05, 4.69) is 12.1 Å². The second-order valence-corrected chi connectivity index (χ2v) is 3.29. The molecule has 1 heterocycles. The van der Waals surface area contributed by atoms with Crippen LogP contribution in [0.2, 0.25) is 0 Å². The second kappa shape index (κ2) is 2.38. The molecule has 1 aromatic rings. The first-order valence-corrected chi connectivity index (χ1v) is 4.29. The van der Waals surface area contributed by atoms with Crippen molar-refractivity contribution in [1.82, 2.24) is 0 Å².